The predicted molar refractivity (Wildman–Crippen MR) is 138 cm³/mol. The van der Waals surface area contributed by atoms with E-state index in [1.807, 2.05) is 38.1 Å². The van der Waals surface area contributed by atoms with E-state index >= 15 is 0 Å². The van der Waals surface area contributed by atoms with Crippen LogP contribution in [0.4, 0.5) is 0 Å². The molecule has 3 heterocycles. The van der Waals surface area contributed by atoms with E-state index < -0.39 is 17.2 Å². The number of nitrogens with zero attached hydrogens (tertiary/aromatic N) is 2. The standard InChI is InChI=1S/C28H34N4O5/c1-4-28(5-2)15-23(34)32(26(29)31-28)20-12-13-36-21-11-10-17(14-19(20)21)25(35)30-24-18-8-6-7-9-22(18)37-27(24,3)16-33/h6-11,14,20,24,33H,4-5,12-13,15-16H2,1-3H3,(H2,29,31)(H,30,35)/t20-,24?,27?/m1/s1. The summed E-state index contributed by atoms with van der Waals surface area (Å²) in [6.07, 6.45) is 2.31. The van der Waals surface area contributed by atoms with Crippen LogP contribution in [0, 0.1) is 0 Å². The topological polar surface area (TPSA) is 126 Å². The number of carbonyl (C=O) groups is 2. The van der Waals surface area contributed by atoms with Gasteiger partial charge in [-0.15, -0.1) is 0 Å². The Balaban J connectivity index is 1.45. The molecule has 0 aromatic heterocycles. The molecule has 0 radical (unpaired) electrons. The number of aliphatic imine (C=N–C) groups is 1. The largest absolute Gasteiger partial charge is 0.493 e. The number of amides is 2. The first-order valence-electron chi connectivity index (χ1n) is 12.9. The number of nitrogens with one attached hydrogen (secondary N) is 1. The SMILES string of the molecule is CCC1(CC)CC(=O)N([C@@H]2CCOc3ccc(C(=O)NC4c5ccccc5OC4(C)CO)cc32)C(N)=N1. The van der Waals surface area contributed by atoms with E-state index in [0.29, 0.717) is 36.5 Å². The zero-order valence-corrected chi connectivity index (χ0v) is 21.5. The van der Waals surface area contributed by atoms with Crippen LogP contribution in [0.3, 0.4) is 0 Å². The van der Waals surface area contributed by atoms with Gasteiger partial charge in [-0.3, -0.25) is 14.5 Å². The van der Waals surface area contributed by atoms with Crippen molar-refractivity contribution in [1.29, 1.82) is 0 Å². The molecule has 0 fully saturated rings. The van der Waals surface area contributed by atoms with E-state index in [1.54, 1.807) is 30.0 Å². The molecular weight excluding hydrogens is 472 g/mol. The van der Waals surface area contributed by atoms with Gasteiger partial charge in [0.15, 0.2) is 11.6 Å². The maximum absolute atomic E-state index is 13.5. The molecule has 0 bridgehead atoms. The van der Waals surface area contributed by atoms with Crippen LogP contribution in [0.1, 0.15) is 80.0 Å². The summed E-state index contributed by atoms with van der Waals surface area (Å²) in [5, 5.41) is 13.1. The van der Waals surface area contributed by atoms with Crippen LogP contribution in [-0.2, 0) is 4.79 Å². The first kappa shape index (κ1) is 25.1. The summed E-state index contributed by atoms with van der Waals surface area (Å²) < 4.78 is 11.8. The summed E-state index contributed by atoms with van der Waals surface area (Å²) in [6, 6.07) is 11.7. The molecule has 5 rings (SSSR count). The third-order valence-corrected chi connectivity index (χ3v) is 8.03. The second-order valence-electron chi connectivity index (χ2n) is 10.3. The van der Waals surface area contributed by atoms with Gasteiger partial charge in [0, 0.05) is 23.1 Å². The van der Waals surface area contributed by atoms with Crippen LogP contribution in [0.2, 0.25) is 0 Å². The van der Waals surface area contributed by atoms with E-state index in [9.17, 15) is 14.7 Å². The van der Waals surface area contributed by atoms with Crippen LogP contribution < -0.4 is 20.5 Å². The Morgan fingerprint density at radius 3 is 2.65 bits per heavy atom. The Bertz CT molecular complexity index is 1260. The maximum Gasteiger partial charge on any atom is 0.251 e. The van der Waals surface area contributed by atoms with Crippen molar-refractivity contribution in [3.05, 3.63) is 59.2 Å². The fourth-order valence-corrected chi connectivity index (χ4v) is 5.63. The van der Waals surface area contributed by atoms with Crippen LogP contribution >= 0.6 is 0 Å². The molecule has 0 saturated heterocycles. The van der Waals surface area contributed by atoms with Crippen molar-refractivity contribution in [3.63, 3.8) is 0 Å². The molecule has 0 aliphatic carbocycles. The number of guanidine groups is 1. The van der Waals surface area contributed by atoms with Gasteiger partial charge in [-0.25, -0.2) is 4.99 Å². The molecule has 0 saturated carbocycles. The van der Waals surface area contributed by atoms with Crippen molar-refractivity contribution >= 4 is 17.8 Å². The van der Waals surface area contributed by atoms with Gasteiger partial charge >= 0.3 is 0 Å². The van der Waals surface area contributed by atoms with Gasteiger partial charge < -0.3 is 25.6 Å². The molecule has 37 heavy (non-hydrogen) atoms. The van der Waals surface area contributed by atoms with Crippen LogP contribution in [-0.4, -0.2) is 52.1 Å². The molecule has 9 nitrogen and oxygen atoms in total. The molecule has 9 heteroatoms. The van der Waals surface area contributed by atoms with E-state index in [1.165, 1.54) is 0 Å². The number of hydrogen-bond acceptors (Lipinski definition) is 7. The Labute approximate surface area is 216 Å². The summed E-state index contributed by atoms with van der Waals surface area (Å²) >= 11 is 0. The minimum atomic E-state index is -0.991. The number of rotatable bonds is 6. The Hall–Kier alpha value is -3.59. The number of ether oxygens (including phenoxy) is 2. The molecule has 2 aromatic rings. The molecule has 196 valence electrons. The molecule has 2 unspecified atom stereocenters. The molecular formula is C28H34N4O5. The average molecular weight is 507 g/mol. The number of aliphatic hydroxyl groups is 1. The van der Waals surface area contributed by atoms with Gasteiger partial charge in [0.25, 0.3) is 5.91 Å². The fraction of sp³-hybridized carbons (Fsp3) is 0.464. The highest BCUT2D eigenvalue weighted by molar-refractivity contribution is 6.00. The van der Waals surface area contributed by atoms with Gasteiger partial charge in [-0.1, -0.05) is 32.0 Å². The predicted octanol–water partition coefficient (Wildman–Crippen LogP) is 3.23. The molecule has 3 atom stereocenters. The monoisotopic (exact) mass is 506 g/mol. The third kappa shape index (κ3) is 4.21. The summed E-state index contributed by atoms with van der Waals surface area (Å²) in [5.74, 6) is 1.08. The van der Waals surface area contributed by atoms with Crippen molar-refractivity contribution in [1.82, 2.24) is 10.2 Å². The highest BCUT2D eigenvalue weighted by atomic mass is 16.5. The van der Waals surface area contributed by atoms with Crippen LogP contribution in [0.25, 0.3) is 0 Å². The molecule has 0 spiro atoms. The van der Waals surface area contributed by atoms with Crippen LogP contribution in [0.5, 0.6) is 11.5 Å². The quantitative estimate of drug-likeness (QED) is 0.552. The van der Waals surface area contributed by atoms with E-state index in [2.05, 4.69) is 5.32 Å². The molecule has 4 N–H and O–H groups in total. The molecule has 3 aliphatic rings. The second-order valence-corrected chi connectivity index (χ2v) is 10.3. The number of carbonyl (C=O) groups excluding carboxylic acids is 2. The maximum atomic E-state index is 13.5. The van der Waals surface area contributed by atoms with Crippen molar-refractivity contribution in [2.24, 2.45) is 10.7 Å². The van der Waals surface area contributed by atoms with Gasteiger partial charge in [-0.05, 0) is 44.0 Å². The minimum Gasteiger partial charge on any atom is -0.493 e. The lowest BCUT2D eigenvalue weighted by molar-refractivity contribution is -0.132. The number of benzene rings is 2. The summed E-state index contributed by atoms with van der Waals surface area (Å²) in [5.41, 5.74) is 6.87. The van der Waals surface area contributed by atoms with Crippen molar-refractivity contribution < 1.29 is 24.2 Å². The minimum absolute atomic E-state index is 0.0673. The Kier molecular flexibility index (Phi) is 6.35. The summed E-state index contributed by atoms with van der Waals surface area (Å²) in [4.78, 5) is 33.1. The highest BCUT2D eigenvalue weighted by Crippen LogP contribution is 2.44. The lowest BCUT2D eigenvalue weighted by atomic mass is 9.87. The van der Waals surface area contributed by atoms with Crippen molar-refractivity contribution in [3.8, 4) is 11.5 Å². The normalized spacial score (nSPS) is 25.9. The zero-order valence-electron chi connectivity index (χ0n) is 21.5. The number of fused-ring (bicyclic) bond motifs is 2. The fourth-order valence-electron chi connectivity index (χ4n) is 5.63. The Morgan fingerprint density at radius 1 is 1.19 bits per heavy atom. The van der Waals surface area contributed by atoms with E-state index in [0.717, 1.165) is 24.0 Å². The molecule has 2 amide bonds. The van der Waals surface area contributed by atoms with Gasteiger partial charge in [-0.2, -0.15) is 0 Å². The van der Waals surface area contributed by atoms with Crippen LogP contribution in [0.15, 0.2) is 47.5 Å². The van der Waals surface area contributed by atoms with E-state index in [-0.39, 0.29) is 30.4 Å². The first-order chi connectivity index (χ1) is 17.7. The number of aliphatic hydroxyl groups excluding tert-OH is 1. The van der Waals surface area contributed by atoms with E-state index in [4.69, 9.17) is 20.2 Å². The van der Waals surface area contributed by atoms with Crippen molar-refractivity contribution in [2.45, 2.75) is 69.7 Å². The first-order valence-corrected chi connectivity index (χ1v) is 12.9. The zero-order chi connectivity index (χ0) is 26.4. The Morgan fingerprint density at radius 2 is 1.95 bits per heavy atom. The van der Waals surface area contributed by atoms with Crippen molar-refractivity contribution in [2.75, 3.05) is 13.2 Å². The highest BCUT2D eigenvalue weighted by Gasteiger charge is 2.46. The lowest BCUT2D eigenvalue weighted by Gasteiger charge is -2.41. The van der Waals surface area contributed by atoms with Gasteiger partial charge in [0.1, 0.15) is 11.5 Å². The number of para-hydroxylation sites is 1. The number of hydrogen-bond donors (Lipinski definition) is 3. The smallest absolute Gasteiger partial charge is 0.251 e. The lowest BCUT2D eigenvalue weighted by Crippen LogP contribution is -2.53. The molecule has 3 aliphatic heterocycles. The average Bonchev–Trinajstić information content (AvgIpc) is 3.19. The van der Waals surface area contributed by atoms with Gasteiger partial charge in [0.2, 0.25) is 5.91 Å². The second kappa shape index (κ2) is 9.37. The summed E-state index contributed by atoms with van der Waals surface area (Å²) in [7, 11) is 0. The third-order valence-electron chi connectivity index (χ3n) is 8.03. The molecule has 2 aromatic carbocycles. The number of nitrogens with two attached hydrogens (primary N) is 1. The van der Waals surface area contributed by atoms with Gasteiger partial charge in [0.05, 0.1) is 37.3 Å². The summed E-state index contributed by atoms with van der Waals surface area (Å²) in [6.45, 7) is 5.98.